The Labute approximate surface area is 216 Å². The summed E-state index contributed by atoms with van der Waals surface area (Å²) in [6, 6.07) is 19.9. The van der Waals surface area contributed by atoms with Gasteiger partial charge in [0.2, 0.25) is 5.91 Å². The Balaban J connectivity index is 1.44. The molecule has 0 spiro atoms. The molecule has 35 heavy (non-hydrogen) atoms. The van der Waals surface area contributed by atoms with Crippen LogP contribution in [0.2, 0.25) is 10.0 Å². The number of hydrogen-bond donors (Lipinski definition) is 1. The van der Waals surface area contributed by atoms with Crippen LogP contribution in [-0.4, -0.2) is 28.5 Å². The van der Waals surface area contributed by atoms with Crippen molar-refractivity contribution in [3.05, 3.63) is 98.4 Å². The lowest BCUT2D eigenvalue weighted by Crippen LogP contribution is -2.36. The molecule has 1 N–H and O–H groups in total. The zero-order chi connectivity index (χ0) is 24.9. The smallest absolute Gasteiger partial charge is 0.294 e. The minimum atomic E-state index is -0.560. The number of rotatable bonds is 7. The predicted molar refractivity (Wildman–Crippen MR) is 140 cm³/mol. The number of nitrogens with one attached hydrogen (secondary N) is 1. The molecule has 178 valence electrons. The van der Waals surface area contributed by atoms with Gasteiger partial charge in [0.25, 0.3) is 11.1 Å². The van der Waals surface area contributed by atoms with E-state index < -0.39 is 17.1 Å². The third-order valence-corrected chi connectivity index (χ3v) is 6.49. The molecule has 1 fully saturated rings. The van der Waals surface area contributed by atoms with Crippen molar-refractivity contribution in [3.63, 3.8) is 0 Å². The summed E-state index contributed by atoms with van der Waals surface area (Å²) >= 11 is 13.5. The summed E-state index contributed by atoms with van der Waals surface area (Å²) in [7, 11) is 0. The van der Waals surface area contributed by atoms with Gasteiger partial charge in [0.1, 0.15) is 13.2 Å². The van der Waals surface area contributed by atoms with Gasteiger partial charge in [-0.15, -0.1) is 0 Å². The first kappa shape index (κ1) is 24.9. The van der Waals surface area contributed by atoms with Crippen LogP contribution in [0.15, 0.2) is 71.6 Å². The van der Waals surface area contributed by atoms with Crippen molar-refractivity contribution in [1.82, 2.24) is 4.90 Å². The number of carbonyl (C=O) groups excluding carboxylic acids is 3. The molecule has 6 nitrogen and oxygen atoms in total. The predicted octanol–water partition coefficient (Wildman–Crippen LogP) is 6.56. The minimum absolute atomic E-state index is 0.170. The highest BCUT2D eigenvalue weighted by molar-refractivity contribution is 8.18. The van der Waals surface area contributed by atoms with Crippen LogP contribution in [0.4, 0.5) is 10.5 Å². The molecule has 0 unspecified atom stereocenters. The van der Waals surface area contributed by atoms with Crippen molar-refractivity contribution < 1.29 is 19.1 Å². The molecule has 4 rings (SSSR count). The first-order valence-electron chi connectivity index (χ1n) is 10.6. The van der Waals surface area contributed by atoms with Gasteiger partial charge in [0.15, 0.2) is 5.75 Å². The number of benzene rings is 3. The fourth-order valence-corrected chi connectivity index (χ4v) is 4.86. The molecule has 0 aliphatic carbocycles. The molecular formula is C26H20Cl2N2O4S. The number of carbonyl (C=O) groups is 3. The summed E-state index contributed by atoms with van der Waals surface area (Å²) in [5.74, 6) is -0.700. The quantitative estimate of drug-likeness (QED) is 0.353. The first-order chi connectivity index (χ1) is 16.8. The molecule has 0 saturated carbocycles. The largest absolute Gasteiger partial charge is 0.486 e. The van der Waals surface area contributed by atoms with Crippen LogP contribution >= 0.6 is 35.0 Å². The fourth-order valence-electron chi connectivity index (χ4n) is 3.41. The van der Waals surface area contributed by atoms with E-state index in [1.54, 1.807) is 36.4 Å². The molecular weight excluding hydrogens is 507 g/mol. The highest BCUT2D eigenvalue weighted by Gasteiger charge is 2.36. The number of imide groups is 1. The van der Waals surface area contributed by atoms with Crippen molar-refractivity contribution >= 4 is 63.8 Å². The van der Waals surface area contributed by atoms with Gasteiger partial charge in [-0.3, -0.25) is 19.3 Å². The second-order valence-electron chi connectivity index (χ2n) is 7.77. The van der Waals surface area contributed by atoms with Crippen molar-refractivity contribution in [1.29, 1.82) is 0 Å². The van der Waals surface area contributed by atoms with Crippen LogP contribution in [-0.2, 0) is 16.2 Å². The number of ether oxygens (including phenoxy) is 1. The van der Waals surface area contributed by atoms with Crippen molar-refractivity contribution in [2.45, 2.75) is 13.5 Å². The summed E-state index contributed by atoms with van der Waals surface area (Å²) in [6.07, 6.45) is 1.52. The van der Waals surface area contributed by atoms with Crippen LogP contribution in [0.25, 0.3) is 6.08 Å². The Hall–Kier alpha value is -3.26. The molecule has 1 aliphatic rings. The van der Waals surface area contributed by atoms with E-state index in [2.05, 4.69) is 5.32 Å². The minimum Gasteiger partial charge on any atom is -0.486 e. The van der Waals surface area contributed by atoms with Gasteiger partial charge in [-0.05, 0) is 60.2 Å². The Morgan fingerprint density at radius 2 is 1.74 bits per heavy atom. The number of amides is 3. The number of aryl methyl sites for hydroxylation is 1. The van der Waals surface area contributed by atoms with Crippen LogP contribution in [0.5, 0.6) is 5.75 Å². The van der Waals surface area contributed by atoms with Gasteiger partial charge in [-0.2, -0.15) is 0 Å². The maximum absolute atomic E-state index is 12.8. The molecule has 1 aliphatic heterocycles. The third kappa shape index (κ3) is 6.25. The van der Waals surface area contributed by atoms with Gasteiger partial charge in [-0.25, -0.2) is 0 Å². The summed E-state index contributed by atoms with van der Waals surface area (Å²) < 4.78 is 5.82. The topological polar surface area (TPSA) is 75.7 Å². The van der Waals surface area contributed by atoms with Gasteiger partial charge in [0, 0.05) is 5.69 Å². The second-order valence-corrected chi connectivity index (χ2v) is 9.58. The molecule has 0 aromatic heterocycles. The van der Waals surface area contributed by atoms with Crippen LogP contribution < -0.4 is 10.1 Å². The molecule has 3 amide bonds. The zero-order valence-corrected chi connectivity index (χ0v) is 20.9. The van der Waals surface area contributed by atoms with E-state index in [-0.39, 0.29) is 21.5 Å². The number of thioether (sulfide) groups is 1. The lowest BCUT2D eigenvalue weighted by Gasteiger charge is -2.12. The maximum atomic E-state index is 12.8. The summed E-state index contributed by atoms with van der Waals surface area (Å²) in [4.78, 5) is 38.5. The van der Waals surface area contributed by atoms with E-state index in [4.69, 9.17) is 27.9 Å². The number of hydrogen-bond acceptors (Lipinski definition) is 5. The van der Waals surface area contributed by atoms with Gasteiger partial charge in [-0.1, -0.05) is 71.2 Å². The van der Waals surface area contributed by atoms with Gasteiger partial charge < -0.3 is 10.1 Å². The first-order valence-corrected chi connectivity index (χ1v) is 12.1. The van der Waals surface area contributed by atoms with Crippen LogP contribution in [0.1, 0.15) is 16.7 Å². The SMILES string of the molecule is Cc1cccc(COc2c(Cl)cc(/C=C3\SC(=O)N(CC(=O)Nc4ccccc4)C3=O)cc2Cl)c1. The highest BCUT2D eigenvalue weighted by Crippen LogP contribution is 2.37. The lowest BCUT2D eigenvalue weighted by atomic mass is 10.1. The average Bonchev–Trinajstić information content (AvgIpc) is 3.06. The number of para-hydroxylation sites is 1. The molecule has 0 bridgehead atoms. The van der Waals surface area contributed by atoms with E-state index in [1.165, 1.54) is 6.08 Å². The Morgan fingerprint density at radius 1 is 1.03 bits per heavy atom. The number of halogens is 2. The molecule has 0 atom stereocenters. The second kappa shape index (κ2) is 11.0. The number of anilines is 1. The van der Waals surface area contributed by atoms with E-state index in [0.29, 0.717) is 23.6 Å². The molecule has 3 aromatic rings. The Bertz CT molecular complexity index is 1300. The summed E-state index contributed by atoms with van der Waals surface area (Å²) in [5, 5.41) is 2.68. The van der Waals surface area contributed by atoms with Crippen LogP contribution in [0.3, 0.4) is 0 Å². The molecule has 9 heteroatoms. The van der Waals surface area contributed by atoms with Crippen molar-refractivity contribution in [2.75, 3.05) is 11.9 Å². The molecule has 3 aromatic carbocycles. The van der Waals surface area contributed by atoms with Crippen molar-refractivity contribution in [3.8, 4) is 5.75 Å². The van der Waals surface area contributed by atoms with E-state index in [9.17, 15) is 14.4 Å². The molecule has 1 saturated heterocycles. The van der Waals surface area contributed by atoms with Crippen molar-refractivity contribution in [2.24, 2.45) is 0 Å². The normalized spacial score (nSPS) is 14.5. The zero-order valence-electron chi connectivity index (χ0n) is 18.6. The molecule has 0 radical (unpaired) electrons. The number of nitrogens with zero attached hydrogens (tertiary/aromatic N) is 1. The van der Waals surface area contributed by atoms with E-state index in [1.807, 2.05) is 37.3 Å². The van der Waals surface area contributed by atoms with E-state index >= 15 is 0 Å². The lowest BCUT2D eigenvalue weighted by molar-refractivity contribution is -0.127. The molecule has 1 heterocycles. The monoisotopic (exact) mass is 526 g/mol. The maximum Gasteiger partial charge on any atom is 0.294 e. The third-order valence-electron chi connectivity index (χ3n) is 5.02. The Kier molecular flexibility index (Phi) is 7.80. The fraction of sp³-hybridized carbons (Fsp3) is 0.115. The van der Waals surface area contributed by atoms with Gasteiger partial charge in [0.05, 0.1) is 15.0 Å². The summed E-state index contributed by atoms with van der Waals surface area (Å²) in [5.41, 5.74) is 3.20. The standard InChI is InChI=1S/C26H20Cl2N2O4S/c1-16-6-5-7-17(10-16)15-34-24-20(27)11-18(12-21(24)28)13-22-25(32)30(26(33)35-22)14-23(31)29-19-8-3-2-4-9-19/h2-13H,14-15H2,1H3,(H,29,31)/b22-13-. The van der Waals surface area contributed by atoms with Gasteiger partial charge >= 0.3 is 0 Å². The highest BCUT2D eigenvalue weighted by atomic mass is 35.5. The van der Waals surface area contributed by atoms with Crippen LogP contribution in [0, 0.1) is 6.92 Å². The van der Waals surface area contributed by atoms with E-state index in [0.717, 1.165) is 27.8 Å². The average molecular weight is 527 g/mol. The summed E-state index contributed by atoms with van der Waals surface area (Å²) in [6.45, 7) is 1.91. The Morgan fingerprint density at radius 3 is 2.43 bits per heavy atom.